The maximum atomic E-state index is 11.4. The van der Waals surface area contributed by atoms with Crippen molar-refractivity contribution in [3.05, 3.63) is 48.0 Å². The van der Waals surface area contributed by atoms with Crippen LogP contribution < -0.4 is 0 Å². The quantitative estimate of drug-likeness (QED) is 0.372. The molecule has 7 heteroatoms. The third kappa shape index (κ3) is 2.90. The smallest absolute Gasteiger partial charge is 0.450 e. The van der Waals surface area contributed by atoms with Gasteiger partial charge in [-0.25, -0.2) is 4.79 Å². The van der Waals surface area contributed by atoms with E-state index in [1.165, 1.54) is 0 Å². The summed E-state index contributed by atoms with van der Waals surface area (Å²) in [5, 5.41) is 17.6. The standard InChI is InChI=1S/C9H9NO3.C8H8O3/c11-8-6-4-1-2-5(3-4)7(6)9(12)10(8)13;9-8(10)11-6-7-4-2-1-3-5-7/h1-2,4-7,13H,3H2;1-5H,6H2,(H,9,10). The fourth-order valence-electron chi connectivity index (χ4n) is 3.61. The van der Waals surface area contributed by atoms with Gasteiger partial charge in [0.15, 0.2) is 0 Å². The largest absolute Gasteiger partial charge is 0.506 e. The first-order chi connectivity index (χ1) is 11.5. The van der Waals surface area contributed by atoms with Gasteiger partial charge in [0.2, 0.25) is 0 Å². The lowest BCUT2D eigenvalue weighted by molar-refractivity contribution is -0.173. The number of nitrogens with zero attached hydrogens (tertiary/aromatic N) is 1. The molecule has 2 fully saturated rings. The molecule has 0 radical (unpaired) electrons. The van der Waals surface area contributed by atoms with Gasteiger partial charge >= 0.3 is 6.16 Å². The highest BCUT2D eigenvalue weighted by molar-refractivity contribution is 6.05. The Balaban J connectivity index is 0.000000144. The van der Waals surface area contributed by atoms with Crippen LogP contribution in [-0.2, 0) is 20.9 Å². The van der Waals surface area contributed by atoms with E-state index in [1.807, 2.05) is 42.5 Å². The molecule has 1 aromatic rings. The van der Waals surface area contributed by atoms with E-state index in [9.17, 15) is 14.4 Å². The highest BCUT2D eigenvalue weighted by Crippen LogP contribution is 2.51. The van der Waals surface area contributed by atoms with E-state index in [0.29, 0.717) is 5.06 Å². The summed E-state index contributed by atoms with van der Waals surface area (Å²) in [4.78, 5) is 32.8. The molecule has 4 unspecified atom stereocenters. The second kappa shape index (κ2) is 6.45. The summed E-state index contributed by atoms with van der Waals surface area (Å²) in [6.45, 7) is 0.121. The van der Waals surface area contributed by atoms with Gasteiger partial charge in [-0.1, -0.05) is 42.5 Å². The Bertz CT molecular complexity index is 656. The first kappa shape index (κ1) is 16.2. The zero-order valence-corrected chi connectivity index (χ0v) is 12.7. The Labute approximate surface area is 138 Å². The monoisotopic (exact) mass is 331 g/mol. The SMILES string of the molecule is O=C(O)OCc1ccccc1.O=C1C2C3C=CC(C3)C2C(=O)N1O. The van der Waals surface area contributed by atoms with Crippen molar-refractivity contribution >= 4 is 18.0 Å². The Hall–Kier alpha value is -2.67. The van der Waals surface area contributed by atoms with Crippen molar-refractivity contribution in [2.75, 3.05) is 0 Å². The van der Waals surface area contributed by atoms with E-state index in [1.54, 1.807) is 0 Å². The number of hydrogen-bond donors (Lipinski definition) is 2. The minimum absolute atomic E-state index is 0.121. The zero-order valence-electron chi connectivity index (χ0n) is 12.7. The van der Waals surface area contributed by atoms with Crippen molar-refractivity contribution in [1.82, 2.24) is 5.06 Å². The van der Waals surface area contributed by atoms with Crippen LogP contribution in [0, 0.1) is 23.7 Å². The van der Waals surface area contributed by atoms with E-state index in [2.05, 4.69) is 4.74 Å². The first-order valence-corrected chi connectivity index (χ1v) is 7.63. The van der Waals surface area contributed by atoms with Gasteiger partial charge in [-0.05, 0) is 23.8 Å². The van der Waals surface area contributed by atoms with Gasteiger partial charge in [-0.2, -0.15) is 5.06 Å². The molecular weight excluding hydrogens is 314 g/mol. The summed E-state index contributed by atoms with van der Waals surface area (Å²) < 4.78 is 4.34. The summed E-state index contributed by atoms with van der Waals surface area (Å²) in [5.74, 6) is -0.995. The number of carboxylic acid groups (broad SMARTS) is 1. The number of hydroxylamine groups is 2. The summed E-state index contributed by atoms with van der Waals surface area (Å²) in [7, 11) is 0. The van der Waals surface area contributed by atoms with Crippen LogP contribution in [0.25, 0.3) is 0 Å². The lowest BCUT2D eigenvalue weighted by Crippen LogP contribution is -2.29. The highest BCUT2D eigenvalue weighted by atomic mass is 16.7. The second-order valence-corrected chi connectivity index (χ2v) is 6.03. The third-order valence-corrected chi connectivity index (χ3v) is 4.65. The molecule has 0 spiro atoms. The molecule has 4 rings (SSSR count). The topological polar surface area (TPSA) is 104 Å². The molecule has 24 heavy (non-hydrogen) atoms. The Kier molecular flexibility index (Phi) is 4.35. The minimum atomic E-state index is -1.24. The lowest BCUT2D eigenvalue weighted by atomic mass is 9.85. The zero-order chi connectivity index (χ0) is 17.3. The Morgan fingerprint density at radius 2 is 1.62 bits per heavy atom. The highest BCUT2D eigenvalue weighted by Gasteiger charge is 2.59. The molecule has 126 valence electrons. The van der Waals surface area contributed by atoms with Crippen molar-refractivity contribution in [3.63, 3.8) is 0 Å². The van der Waals surface area contributed by atoms with Gasteiger partial charge in [0.05, 0.1) is 11.8 Å². The van der Waals surface area contributed by atoms with E-state index in [4.69, 9.17) is 10.3 Å². The number of imide groups is 1. The number of benzene rings is 1. The normalized spacial score (nSPS) is 29.3. The van der Waals surface area contributed by atoms with E-state index < -0.39 is 18.0 Å². The first-order valence-electron chi connectivity index (χ1n) is 7.63. The fourth-order valence-corrected chi connectivity index (χ4v) is 3.61. The summed E-state index contributed by atoms with van der Waals surface area (Å²) >= 11 is 0. The summed E-state index contributed by atoms with van der Waals surface area (Å²) in [5.41, 5.74) is 0.856. The number of ether oxygens (including phenoxy) is 1. The number of hydrogen-bond acceptors (Lipinski definition) is 5. The van der Waals surface area contributed by atoms with Gasteiger partial charge in [-0.3, -0.25) is 14.8 Å². The molecule has 2 N–H and O–H groups in total. The second-order valence-electron chi connectivity index (χ2n) is 6.03. The molecule has 1 saturated carbocycles. The van der Waals surface area contributed by atoms with Gasteiger partial charge in [0.1, 0.15) is 6.61 Å². The average Bonchev–Trinajstić information content (AvgIpc) is 3.25. The number of amides is 2. The minimum Gasteiger partial charge on any atom is -0.450 e. The van der Waals surface area contributed by atoms with Crippen molar-refractivity contribution < 1.29 is 29.4 Å². The van der Waals surface area contributed by atoms with E-state index >= 15 is 0 Å². The molecule has 7 nitrogen and oxygen atoms in total. The Morgan fingerprint density at radius 1 is 1.08 bits per heavy atom. The van der Waals surface area contributed by atoms with E-state index in [0.717, 1.165) is 12.0 Å². The predicted octanol–water partition coefficient (Wildman–Crippen LogP) is 2.06. The third-order valence-electron chi connectivity index (χ3n) is 4.65. The van der Waals surface area contributed by atoms with Crippen LogP contribution in [0.3, 0.4) is 0 Å². The molecule has 1 saturated heterocycles. The van der Waals surface area contributed by atoms with Crippen LogP contribution >= 0.6 is 0 Å². The van der Waals surface area contributed by atoms with Gasteiger partial charge < -0.3 is 9.84 Å². The molecule has 3 aliphatic rings. The van der Waals surface area contributed by atoms with Gasteiger partial charge in [-0.15, -0.1) is 0 Å². The number of rotatable bonds is 2. The van der Waals surface area contributed by atoms with Gasteiger partial charge in [0, 0.05) is 0 Å². The van der Waals surface area contributed by atoms with Crippen LogP contribution in [0.15, 0.2) is 42.5 Å². The number of allylic oxidation sites excluding steroid dienone is 2. The molecule has 0 aromatic heterocycles. The fraction of sp³-hybridized carbons (Fsp3) is 0.353. The van der Waals surface area contributed by atoms with Crippen LogP contribution in [0.4, 0.5) is 4.79 Å². The molecular formula is C17H17NO6. The van der Waals surface area contributed by atoms with Crippen LogP contribution in [-0.4, -0.2) is 33.3 Å². The lowest BCUT2D eigenvalue weighted by Gasteiger charge is -2.13. The van der Waals surface area contributed by atoms with Crippen molar-refractivity contribution in [1.29, 1.82) is 0 Å². The molecule has 1 heterocycles. The molecule has 1 aliphatic heterocycles. The number of fused-ring (bicyclic) bond motifs is 5. The maximum Gasteiger partial charge on any atom is 0.506 e. The van der Waals surface area contributed by atoms with Crippen LogP contribution in [0.1, 0.15) is 12.0 Å². The molecule has 4 atom stereocenters. The Morgan fingerprint density at radius 3 is 2.12 bits per heavy atom. The predicted molar refractivity (Wildman–Crippen MR) is 80.6 cm³/mol. The number of carbonyl (C=O) groups excluding carboxylic acids is 2. The maximum absolute atomic E-state index is 11.4. The van der Waals surface area contributed by atoms with Crippen LogP contribution in [0.2, 0.25) is 0 Å². The van der Waals surface area contributed by atoms with Crippen molar-refractivity contribution in [3.8, 4) is 0 Å². The average molecular weight is 331 g/mol. The number of carbonyl (C=O) groups is 3. The van der Waals surface area contributed by atoms with Crippen molar-refractivity contribution in [2.24, 2.45) is 23.7 Å². The van der Waals surface area contributed by atoms with Crippen molar-refractivity contribution in [2.45, 2.75) is 13.0 Å². The van der Waals surface area contributed by atoms with E-state index in [-0.39, 0.29) is 30.3 Å². The van der Waals surface area contributed by atoms with Gasteiger partial charge in [0.25, 0.3) is 11.8 Å². The molecule has 2 amide bonds. The summed E-state index contributed by atoms with van der Waals surface area (Å²) in [6.07, 6.45) is 3.65. The molecule has 2 bridgehead atoms. The summed E-state index contributed by atoms with van der Waals surface area (Å²) in [6, 6.07) is 9.15. The molecule has 2 aliphatic carbocycles. The molecule has 1 aromatic carbocycles. The van der Waals surface area contributed by atoms with Crippen LogP contribution in [0.5, 0.6) is 0 Å².